The number of aryl methyl sites for hydroxylation is 1. The molecule has 0 saturated carbocycles. The molecule has 1 saturated heterocycles. The van der Waals surface area contributed by atoms with Gasteiger partial charge in [-0.1, -0.05) is 0 Å². The van der Waals surface area contributed by atoms with Crippen LogP contribution in [0, 0.1) is 18.7 Å². The Bertz CT molecular complexity index is 1170. The molecule has 8 nitrogen and oxygen atoms in total. The summed E-state index contributed by atoms with van der Waals surface area (Å²) in [5, 5.41) is 7.26. The summed E-state index contributed by atoms with van der Waals surface area (Å²) in [7, 11) is -3.62. The van der Waals surface area contributed by atoms with Crippen LogP contribution in [0.5, 0.6) is 0 Å². The standard InChI is InChI=1S/C21H22FN5O3S/c1-15-13-20(27(25-15)18-6-4-17(22)5-7-18)24-21(28)16-8-11-26(12-9-16)31(29,30)19-3-2-10-23-14-19/h2-7,10,13-14,16H,8-9,11-12H2,1H3,(H,24,28). The molecule has 1 fully saturated rings. The van der Waals surface area contributed by atoms with Crippen LogP contribution in [-0.2, 0) is 14.8 Å². The van der Waals surface area contributed by atoms with Gasteiger partial charge in [-0.3, -0.25) is 9.78 Å². The van der Waals surface area contributed by atoms with Crippen molar-refractivity contribution in [3.8, 4) is 5.69 Å². The maximum atomic E-state index is 13.2. The van der Waals surface area contributed by atoms with Crippen molar-refractivity contribution in [3.63, 3.8) is 0 Å². The normalized spacial score (nSPS) is 15.7. The fraction of sp³-hybridized carbons (Fsp3) is 0.286. The van der Waals surface area contributed by atoms with Gasteiger partial charge in [-0.15, -0.1) is 0 Å². The number of anilines is 1. The van der Waals surface area contributed by atoms with Crippen LogP contribution in [0.3, 0.4) is 0 Å². The maximum Gasteiger partial charge on any atom is 0.244 e. The zero-order chi connectivity index (χ0) is 22.0. The number of aromatic nitrogens is 3. The fourth-order valence-electron chi connectivity index (χ4n) is 3.60. The van der Waals surface area contributed by atoms with E-state index in [1.807, 2.05) is 0 Å². The minimum atomic E-state index is -3.62. The van der Waals surface area contributed by atoms with Crippen molar-refractivity contribution < 1.29 is 17.6 Å². The number of hydrogen-bond donors (Lipinski definition) is 1. The summed E-state index contributed by atoms with van der Waals surface area (Å²) >= 11 is 0. The van der Waals surface area contributed by atoms with E-state index in [0.29, 0.717) is 30.0 Å². The van der Waals surface area contributed by atoms with Crippen LogP contribution in [0.2, 0.25) is 0 Å². The Morgan fingerprint density at radius 2 is 1.87 bits per heavy atom. The number of pyridine rings is 1. The van der Waals surface area contributed by atoms with Gasteiger partial charge in [0.25, 0.3) is 0 Å². The molecular formula is C21H22FN5O3S. The zero-order valence-electron chi connectivity index (χ0n) is 16.9. The molecule has 1 amide bonds. The van der Waals surface area contributed by atoms with E-state index in [2.05, 4.69) is 15.4 Å². The molecular weight excluding hydrogens is 421 g/mol. The first-order valence-electron chi connectivity index (χ1n) is 9.88. The van der Waals surface area contributed by atoms with Gasteiger partial charge in [0.2, 0.25) is 15.9 Å². The monoisotopic (exact) mass is 443 g/mol. The second kappa shape index (κ2) is 8.56. The van der Waals surface area contributed by atoms with Crippen LogP contribution >= 0.6 is 0 Å². The van der Waals surface area contributed by atoms with Crippen molar-refractivity contribution in [1.29, 1.82) is 0 Å². The number of amides is 1. The van der Waals surface area contributed by atoms with Gasteiger partial charge in [0.1, 0.15) is 16.5 Å². The molecule has 31 heavy (non-hydrogen) atoms. The summed E-state index contributed by atoms with van der Waals surface area (Å²) in [4.78, 5) is 16.9. The minimum Gasteiger partial charge on any atom is -0.310 e. The Balaban J connectivity index is 1.43. The number of halogens is 1. The smallest absolute Gasteiger partial charge is 0.244 e. The number of sulfonamides is 1. The van der Waals surface area contributed by atoms with E-state index < -0.39 is 10.0 Å². The number of hydrogen-bond acceptors (Lipinski definition) is 5. The number of nitrogens with zero attached hydrogens (tertiary/aromatic N) is 4. The van der Waals surface area contributed by atoms with Gasteiger partial charge in [-0.25, -0.2) is 17.5 Å². The summed E-state index contributed by atoms with van der Waals surface area (Å²) in [5.41, 5.74) is 1.33. The average Bonchev–Trinajstić information content (AvgIpc) is 3.15. The largest absolute Gasteiger partial charge is 0.310 e. The van der Waals surface area contributed by atoms with Crippen LogP contribution in [0.25, 0.3) is 5.69 Å². The van der Waals surface area contributed by atoms with Crippen molar-refractivity contribution in [2.45, 2.75) is 24.7 Å². The van der Waals surface area contributed by atoms with Gasteiger partial charge in [0, 0.05) is 37.5 Å². The van der Waals surface area contributed by atoms with E-state index >= 15 is 0 Å². The van der Waals surface area contributed by atoms with E-state index in [-0.39, 0.29) is 35.6 Å². The number of nitrogens with one attached hydrogen (secondary N) is 1. The predicted molar refractivity (Wildman–Crippen MR) is 113 cm³/mol. The van der Waals surface area contributed by atoms with Crippen LogP contribution in [0.15, 0.2) is 59.8 Å². The van der Waals surface area contributed by atoms with Gasteiger partial charge in [-0.2, -0.15) is 9.40 Å². The molecule has 0 radical (unpaired) electrons. The number of carbonyl (C=O) groups is 1. The Morgan fingerprint density at radius 1 is 1.16 bits per heavy atom. The second-order valence-corrected chi connectivity index (χ2v) is 9.35. The molecule has 1 aliphatic rings. The third-order valence-electron chi connectivity index (χ3n) is 5.25. The quantitative estimate of drug-likeness (QED) is 0.654. The highest BCUT2D eigenvalue weighted by molar-refractivity contribution is 7.89. The summed E-state index contributed by atoms with van der Waals surface area (Å²) in [6.45, 7) is 2.31. The minimum absolute atomic E-state index is 0.150. The third kappa shape index (κ3) is 4.49. The lowest BCUT2D eigenvalue weighted by Gasteiger charge is -2.30. The SMILES string of the molecule is Cc1cc(NC(=O)C2CCN(S(=O)(=O)c3cccnc3)CC2)n(-c2ccc(F)cc2)n1. The molecule has 10 heteroatoms. The van der Waals surface area contributed by atoms with E-state index in [0.717, 1.165) is 0 Å². The molecule has 0 unspecified atom stereocenters. The molecule has 2 aromatic heterocycles. The van der Waals surface area contributed by atoms with Crippen LogP contribution in [-0.4, -0.2) is 46.5 Å². The molecule has 1 aromatic carbocycles. The van der Waals surface area contributed by atoms with Crippen LogP contribution in [0.4, 0.5) is 10.2 Å². The molecule has 0 aliphatic carbocycles. The lowest BCUT2D eigenvalue weighted by Crippen LogP contribution is -2.41. The molecule has 0 bridgehead atoms. The lowest BCUT2D eigenvalue weighted by molar-refractivity contribution is -0.120. The third-order valence-corrected chi connectivity index (χ3v) is 7.13. The van der Waals surface area contributed by atoms with Gasteiger partial charge in [0.15, 0.2) is 0 Å². The van der Waals surface area contributed by atoms with E-state index in [4.69, 9.17) is 0 Å². The zero-order valence-corrected chi connectivity index (χ0v) is 17.7. The van der Waals surface area contributed by atoms with Crippen molar-refractivity contribution in [1.82, 2.24) is 19.1 Å². The number of piperidine rings is 1. The Hall–Kier alpha value is -3.11. The Morgan fingerprint density at radius 3 is 2.52 bits per heavy atom. The summed E-state index contributed by atoms with van der Waals surface area (Å²) in [6.07, 6.45) is 3.67. The average molecular weight is 444 g/mol. The highest BCUT2D eigenvalue weighted by Gasteiger charge is 2.32. The Kier molecular flexibility index (Phi) is 5.84. The van der Waals surface area contributed by atoms with Crippen molar-refractivity contribution in [3.05, 3.63) is 66.4 Å². The number of benzene rings is 1. The number of carbonyl (C=O) groups excluding carboxylic acids is 1. The van der Waals surface area contributed by atoms with Crippen LogP contribution < -0.4 is 5.32 Å². The van der Waals surface area contributed by atoms with E-state index in [1.165, 1.54) is 34.9 Å². The second-order valence-electron chi connectivity index (χ2n) is 7.42. The van der Waals surface area contributed by atoms with Crippen molar-refractivity contribution >= 4 is 21.7 Å². The van der Waals surface area contributed by atoms with Crippen LogP contribution in [0.1, 0.15) is 18.5 Å². The highest BCUT2D eigenvalue weighted by Crippen LogP contribution is 2.25. The van der Waals surface area contributed by atoms with Crippen molar-refractivity contribution in [2.24, 2.45) is 5.92 Å². The first-order valence-corrected chi connectivity index (χ1v) is 11.3. The topological polar surface area (TPSA) is 97.2 Å². The molecule has 3 aromatic rings. The lowest BCUT2D eigenvalue weighted by atomic mass is 9.97. The molecule has 0 atom stereocenters. The van der Waals surface area contributed by atoms with Gasteiger partial charge in [0.05, 0.1) is 11.4 Å². The predicted octanol–water partition coefficient (Wildman–Crippen LogP) is 2.75. The molecule has 1 N–H and O–H groups in total. The fourth-order valence-corrected chi connectivity index (χ4v) is 5.04. The molecule has 3 heterocycles. The summed E-state index contributed by atoms with van der Waals surface area (Å²) in [6, 6.07) is 10.7. The van der Waals surface area contributed by atoms with Gasteiger partial charge >= 0.3 is 0 Å². The van der Waals surface area contributed by atoms with Gasteiger partial charge in [-0.05, 0) is 56.2 Å². The first-order chi connectivity index (χ1) is 14.8. The maximum absolute atomic E-state index is 13.2. The number of rotatable bonds is 5. The molecule has 162 valence electrons. The van der Waals surface area contributed by atoms with Crippen molar-refractivity contribution in [2.75, 3.05) is 18.4 Å². The molecule has 0 spiro atoms. The van der Waals surface area contributed by atoms with E-state index in [1.54, 1.807) is 35.9 Å². The van der Waals surface area contributed by atoms with Gasteiger partial charge < -0.3 is 5.32 Å². The summed E-state index contributed by atoms with van der Waals surface area (Å²) in [5.74, 6) is -0.385. The molecule has 4 rings (SSSR count). The highest BCUT2D eigenvalue weighted by atomic mass is 32.2. The first kappa shape index (κ1) is 21.1. The Labute approximate surface area is 179 Å². The van der Waals surface area contributed by atoms with E-state index in [9.17, 15) is 17.6 Å². The molecule has 1 aliphatic heterocycles. The summed E-state index contributed by atoms with van der Waals surface area (Å²) < 4.78 is 41.6.